The molecule has 3 aromatic heterocycles. The van der Waals surface area contributed by atoms with Gasteiger partial charge in [0.25, 0.3) is 0 Å². The molecule has 0 amide bonds. The highest BCUT2D eigenvalue weighted by Crippen LogP contribution is 2.42. The Morgan fingerprint density at radius 2 is 1.69 bits per heavy atom. The standard InChI is InChI=1S/C21H20F3N5/c1-10(2)18-17-15(27-28-18)8-7-14-16(17)11-5-3-4-6-12(11)19(26-14)13-9-25-29-20(13)21(22,23)24/h7-10H,3-6H2,1-2H3,(H,25,29)(H,27,28). The lowest BCUT2D eigenvalue weighted by Crippen LogP contribution is -2.11. The van der Waals surface area contributed by atoms with Crippen LogP contribution in [0.4, 0.5) is 13.2 Å². The predicted octanol–water partition coefficient (Wildman–Crippen LogP) is 5.52. The molecular weight excluding hydrogens is 379 g/mol. The zero-order valence-electron chi connectivity index (χ0n) is 16.1. The molecule has 0 saturated carbocycles. The molecule has 8 heteroatoms. The maximum absolute atomic E-state index is 13.5. The molecule has 1 aliphatic carbocycles. The van der Waals surface area contributed by atoms with Crippen molar-refractivity contribution in [1.82, 2.24) is 25.4 Å². The molecule has 1 aliphatic rings. The topological polar surface area (TPSA) is 70.2 Å². The highest BCUT2D eigenvalue weighted by Gasteiger charge is 2.37. The average molecular weight is 399 g/mol. The number of halogens is 3. The highest BCUT2D eigenvalue weighted by molar-refractivity contribution is 6.09. The Kier molecular flexibility index (Phi) is 3.94. The monoisotopic (exact) mass is 399 g/mol. The van der Waals surface area contributed by atoms with Gasteiger partial charge in [0.15, 0.2) is 0 Å². The van der Waals surface area contributed by atoms with Crippen LogP contribution in [0.5, 0.6) is 0 Å². The molecule has 0 spiro atoms. The summed E-state index contributed by atoms with van der Waals surface area (Å²) in [6.45, 7) is 4.20. The van der Waals surface area contributed by atoms with Crippen LogP contribution in [0, 0.1) is 0 Å². The number of rotatable bonds is 2. The number of aromatic nitrogens is 5. The molecule has 0 bridgehead atoms. The molecule has 150 valence electrons. The Hall–Kier alpha value is -2.90. The van der Waals surface area contributed by atoms with Crippen molar-refractivity contribution in [2.45, 2.75) is 51.6 Å². The number of pyridine rings is 1. The summed E-state index contributed by atoms with van der Waals surface area (Å²) in [6, 6.07) is 3.74. The first kappa shape index (κ1) is 18.1. The molecule has 0 atom stereocenters. The number of benzene rings is 1. The van der Waals surface area contributed by atoms with Crippen LogP contribution >= 0.6 is 0 Å². The molecular formula is C21H20F3N5. The van der Waals surface area contributed by atoms with Crippen LogP contribution in [0.25, 0.3) is 33.1 Å². The Balaban J connectivity index is 1.89. The lowest BCUT2D eigenvalue weighted by atomic mass is 9.85. The maximum atomic E-state index is 13.5. The second-order valence-corrected chi connectivity index (χ2v) is 7.93. The van der Waals surface area contributed by atoms with Gasteiger partial charge in [-0.1, -0.05) is 13.8 Å². The summed E-state index contributed by atoms with van der Waals surface area (Å²) in [5, 5.41) is 15.4. The Bertz CT molecular complexity index is 1230. The van der Waals surface area contributed by atoms with E-state index in [2.05, 4.69) is 34.2 Å². The van der Waals surface area contributed by atoms with E-state index in [1.165, 1.54) is 6.20 Å². The summed E-state index contributed by atoms with van der Waals surface area (Å²) in [5.41, 5.74) is 4.17. The molecule has 3 heterocycles. The fourth-order valence-electron chi connectivity index (χ4n) is 4.47. The largest absolute Gasteiger partial charge is 0.433 e. The van der Waals surface area contributed by atoms with E-state index in [1.54, 1.807) is 0 Å². The van der Waals surface area contributed by atoms with Crippen molar-refractivity contribution in [2.75, 3.05) is 0 Å². The van der Waals surface area contributed by atoms with Crippen LogP contribution in [0.2, 0.25) is 0 Å². The van der Waals surface area contributed by atoms with Gasteiger partial charge in [-0.05, 0) is 54.9 Å². The Morgan fingerprint density at radius 3 is 2.41 bits per heavy atom. The van der Waals surface area contributed by atoms with Gasteiger partial charge in [-0.25, -0.2) is 4.98 Å². The molecule has 2 N–H and O–H groups in total. The van der Waals surface area contributed by atoms with Crippen molar-refractivity contribution in [3.63, 3.8) is 0 Å². The summed E-state index contributed by atoms with van der Waals surface area (Å²) in [7, 11) is 0. The van der Waals surface area contributed by atoms with Crippen LogP contribution < -0.4 is 0 Å². The molecule has 4 aromatic rings. The van der Waals surface area contributed by atoms with Crippen LogP contribution in [0.3, 0.4) is 0 Å². The number of aryl methyl sites for hydroxylation is 1. The second-order valence-electron chi connectivity index (χ2n) is 7.93. The van der Waals surface area contributed by atoms with E-state index in [0.717, 1.165) is 52.4 Å². The van der Waals surface area contributed by atoms with Gasteiger partial charge in [0.05, 0.1) is 28.5 Å². The lowest BCUT2D eigenvalue weighted by molar-refractivity contribution is -0.140. The number of hydrogen-bond donors (Lipinski definition) is 2. The van der Waals surface area contributed by atoms with Crippen LogP contribution in [-0.4, -0.2) is 25.4 Å². The zero-order chi connectivity index (χ0) is 20.3. The minimum Gasteiger partial charge on any atom is -0.281 e. The van der Waals surface area contributed by atoms with Crippen molar-refractivity contribution in [1.29, 1.82) is 0 Å². The maximum Gasteiger partial charge on any atom is 0.433 e. The summed E-state index contributed by atoms with van der Waals surface area (Å²) in [5.74, 6) is 0.246. The van der Waals surface area contributed by atoms with E-state index in [9.17, 15) is 13.2 Å². The van der Waals surface area contributed by atoms with Gasteiger partial charge in [-0.3, -0.25) is 10.2 Å². The van der Waals surface area contributed by atoms with Crippen LogP contribution in [0.15, 0.2) is 18.3 Å². The number of aromatic amines is 2. The smallest absolute Gasteiger partial charge is 0.281 e. The molecule has 1 aromatic carbocycles. The Labute approximate surface area is 164 Å². The van der Waals surface area contributed by atoms with Crippen molar-refractivity contribution in [3.05, 3.63) is 40.8 Å². The molecule has 29 heavy (non-hydrogen) atoms. The van der Waals surface area contributed by atoms with E-state index in [0.29, 0.717) is 17.6 Å². The summed E-state index contributed by atoms with van der Waals surface area (Å²) < 4.78 is 40.5. The van der Waals surface area contributed by atoms with Crippen molar-refractivity contribution < 1.29 is 13.2 Å². The Morgan fingerprint density at radius 1 is 0.966 bits per heavy atom. The first-order chi connectivity index (χ1) is 13.9. The molecule has 0 aliphatic heterocycles. The third kappa shape index (κ3) is 2.73. The van der Waals surface area contributed by atoms with Gasteiger partial charge >= 0.3 is 6.18 Å². The first-order valence-electron chi connectivity index (χ1n) is 9.79. The predicted molar refractivity (Wildman–Crippen MR) is 105 cm³/mol. The molecule has 0 fully saturated rings. The number of fused-ring (bicyclic) bond motifs is 5. The van der Waals surface area contributed by atoms with E-state index >= 15 is 0 Å². The minimum atomic E-state index is -4.51. The highest BCUT2D eigenvalue weighted by atomic mass is 19.4. The van der Waals surface area contributed by atoms with E-state index in [-0.39, 0.29) is 11.5 Å². The first-order valence-corrected chi connectivity index (χ1v) is 9.79. The van der Waals surface area contributed by atoms with Crippen LogP contribution in [-0.2, 0) is 19.0 Å². The quantitative estimate of drug-likeness (QED) is 0.466. The van der Waals surface area contributed by atoms with Crippen molar-refractivity contribution in [2.24, 2.45) is 0 Å². The van der Waals surface area contributed by atoms with E-state index in [4.69, 9.17) is 4.98 Å². The van der Waals surface area contributed by atoms with Gasteiger partial charge < -0.3 is 0 Å². The fraction of sp³-hybridized carbons (Fsp3) is 0.381. The molecule has 0 saturated heterocycles. The molecule has 0 unspecified atom stereocenters. The van der Waals surface area contributed by atoms with E-state index in [1.807, 2.05) is 12.1 Å². The number of hydrogen-bond acceptors (Lipinski definition) is 3. The zero-order valence-corrected chi connectivity index (χ0v) is 16.1. The molecule has 5 rings (SSSR count). The third-order valence-electron chi connectivity index (χ3n) is 5.77. The third-order valence-corrected chi connectivity index (χ3v) is 5.77. The van der Waals surface area contributed by atoms with Gasteiger partial charge in [-0.2, -0.15) is 23.4 Å². The van der Waals surface area contributed by atoms with Gasteiger partial charge in [0.1, 0.15) is 5.69 Å². The summed E-state index contributed by atoms with van der Waals surface area (Å²) in [6.07, 6.45) is 0.202. The minimum absolute atomic E-state index is 0.0222. The van der Waals surface area contributed by atoms with Crippen LogP contribution in [0.1, 0.15) is 55.1 Å². The molecule has 5 nitrogen and oxygen atoms in total. The summed E-state index contributed by atoms with van der Waals surface area (Å²) >= 11 is 0. The van der Waals surface area contributed by atoms with Crippen molar-refractivity contribution >= 4 is 21.8 Å². The molecule has 0 radical (unpaired) electrons. The van der Waals surface area contributed by atoms with Crippen molar-refractivity contribution in [3.8, 4) is 11.3 Å². The van der Waals surface area contributed by atoms with Gasteiger partial charge in [-0.15, -0.1) is 0 Å². The van der Waals surface area contributed by atoms with E-state index < -0.39 is 11.9 Å². The normalized spacial score (nSPS) is 14.8. The number of alkyl halides is 3. The lowest BCUT2D eigenvalue weighted by Gasteiger charge is -2.22. The number of H-pyrrole nitrogens is 2. The fourth-order valence-corrected chi connectivity index (χ4v) is 4.47. The van der Waals surface area contributed by atoms with Gasteiger partial charge in [0.2, 0.25) is 0 Å². The summed E-state index contributed by atoms with van der Waals surface area (Å²) in [4.78, 5) is 4.73. The van der Waals surface area contributed by atoms with Gasteiger partial charge in [0, 0.05) is 16.5 Å². The number of nitrogens with one attached hydrogen (secondary N) is 2. The number of nitrogens with zero attached hydrogens (tertiary/aromatic N) is 3. The SMILES string of the molecule is CC(C)c1[nH]nc2ccc3nc(-c4cn[nH]c4C(F)(F)F)c4c(c3c12)CCCC4. The second kappa shape index (κ2) is 6.30. The average Bonchev–Trinajstić information content (AvgIpc) is 3.34.